The standard InChI is InChI=1S/C13H18N2O2S2/c14-19(16,17)13-15(10-6-2-1-3-7-10)11-8-4-5-9-12(11)18-13/h4-5,8-10H,1-3,6-7H2,(H3,14,16,17). The minimum Gasteiger partial charge on any atom is -0.319 e. The molecule has 1 heterocycles. The third-order valence-corrected chi connectivity index (χ3v) is 6.31. The van der Waals surface area contributed by atoms with Gasteiger partial charge in [-0.05, 0) is 25.0 Å². The monoisotopic (exact) mass is 298 g/mol. The third kappa shape index (κ3) is 2.45. The molecule has 0 amide bonds. The molecule has 3 N–H and O–H groups in total. The molecule has 1 aliphatic carbocycles. The maximum absolute atomic E-state index is 11.9. The minimum absolute atomic E-state index is 0.302. The van der Waals surface area contributed by atoms with Crippen LogP contribution in [-0.4, -0.2) is 13.3 Å². The summed E-state index contributed by atoms with van der Waals surface area (Å²) in [5, 5.41) is 5.50. The Hall–Kier alpha value is -0.820. The van der Waals surface area contributed by atoms with Crippen LogP contribution in [0.1, 0.15) is 38.1 Å². The van der Waals surface area contributed by atoms with Crippen LogP contribution in [0.5, 0.6) is 0 Å². The number of benzene rings is 1. The first-order valence-corrected chi connectivity index (χ1v) is 8.94. The van der Waals surface area contributed by atoms with E-state index in [1.807, 2.05) is 28.8 Å². The number of aromatic nitrogens is 1. The van der Waals surface area contributed by atoms with Crippen LogP contribution in [0.2, 0.25) is 0 Å². The number of hydrogen-bond acceptors (Lipinski definition) is 2. The summed E-state index contributed by atoms with van der Waals surface area (Å²) in [5.74, 6) is 0. The van der Waals surface area contributed by atoms with Gasteiger partial charge in [0.1, 0.15) is 0 Å². The SMILES string of the molecule is NS(=O)(O)=c1sc2ccccc2n1C1CCCCC1. The van der Waals surface area contributed by atoms with Gasteiger partial charge in [-0.25, -0.2) is 9.35 Å². The zero-order valence-corrected chi connectivity index (χ0v) is 12.3. The molecule has 1 aromatic carbocycles. The summed E-state index contributed by atoms with van der Waals surface area (Å²) in [4.78, 5) is 0. The molecule has 1 fully saturated rings. The van der Waals surface area contributed by atoms with Crippen molar-refractivity contribution in [3.05, 3.63) is 28.2 Å². The first-order valence-electron chi connectivity index (χ1n) is 6.55. The Morgan fingerprint density at radius 3 is 2.63 bits per heavy atom. The third-order valence-electron chi connectivity index (χ3n) is 3.71. The summed E-state index contributed by atoms with van der Waals surface area (Å²) in [7, 11) is -3.41. The van der Waals surface area contributed by atoms with Gasteiger partial charge in [0, 0.05) is 6.04 Å². The van der Waals surface area contributed by atoms with Gasteiger partial charge in [0.25, 0.3) is 0 Å². The van der Waals surface area contributed by atoms with Crippen molar-refractivity contribution in [1.29, 1.82) is 0 Å². The van der Waals surface area contributed by atoms with Crippen molar-refractivity contribution in [2.45, 2.75) is 38.1 Å². The highest BCUT2D eigenvalue weighted by molar-refractivity contribution is 7.89. The molecule has 1 aliphatic rings. The van der Waals surface area contributed by atoms with E-state index in [4.69, 9.17) is 5.14 Å². The number of hydrogen-bond donors (Lipinski definition) is 2. The van der Waals surface area contributed by atoms with Crippen LogP contribution in [0.4, 0.5) is 0 Å². The molecule has 3 rings (SSSR count). The van der Waals surface area contributed by atoms with Crippen LogP contribution >= 0.6 is 11.3 Å². The van der Waals surface area contributed by atoms with E-state index in [0.717, 1.165) is 23.1 Å². The van der Waals surface area contributed by atoms with E-state index < -0.39 is 9.99 Å². The molecular weight excluding hydrogens is 280 g/mol. The average molecular weight is 298 g/mol. The van der Waals surface area contributed by atoms with Gasteiger partial charge in [-0.1, -0.05) is 31.4 Å². The fourth-order valence-corrected chi connectivity index (χ4v) is 5.10. The van der Waals surface area contributed by atoms with Gasteiger partial charge in [-0.3, -0.25) is 0 Å². The fourth-order valence-electron chi connectivity index (χ4n) is 2.87. The highest BCUT2D eigenvalue weighted by atomic mass is 32.2. The topological polar surface area (TPSA) is 68.2 Å². The molecule has 6 heteroatoms. The molecule has 1 aromatic heterocycles. The van der Waals surface area contributed by atoms with Crippen LogP contribution in [0.25, 0.3) is 10.2 Å². The van der Waals surface area contributed by atoms with Gasteiger partial charge >= 0.3 is 0 Å². The zero-order valence-electron chi connectivity index (χ0n) is 10.6. The van der Waals surface area contributed by atoms with Crippen LogP contribution in [-0.2, 0) is 9.99 Å². The van der Waals surface area contributed by atoms with Gasteiger partial charge in [0.05, 0.1) is 10.2 Å². The van der Waals surface area contributed by atoms with Gasteiger partial charge < -0.3 is 9.12 Å². The van der Waals surface area contributed by atoms with E-state index in [0.29, 0.717) is 10.00 Å². The second-order valence-electron chi connectivity index (χ2n) is 5.07. The predicted molar refractivity (Wildman–Crippen MR) is 80.1 cm³/mol. The zero-order chi connectivity index (χ0) is 13.5. The van der Waals surface area contributed by atoms with Crippen molar-refractivity contribution in [3.8, 4) is 0 Å². The summed E-state index contributed by atoms with van der Waals surface area (Å²) in [6, 6.07) is 8.21. The molecule has 0 saturated heterocycles. The van der Waals surface area contributed by atoms with E-state index in [-0.39, 0.29) is 0 Å². The van der Waals surface area contributed by atoms with Gasteiger partial charge in [0.2, 0.25) is 0 Å². The van der Waals surface area contributed by atoms with Crippen molar-refractivity contribution in [2.24, 2.45) is 5.14 Å². The summed E-state index contributed by atoms with van der Waals surface area (Å²) < 4.78 is 25.2. The molecule has 1 atom stereocenters. The van der Waals surface area contributed by atoms with Crippen molar-refractivity contribution >= 4 is 31.5 Å². The maximum atomic E-state index is 11.9. The minimum atomic E-state index is -3.41. The second kappa shape index (κ2) is 4.94. The molecule has 0 radical (unpaired) electrons. The highest BCUT2D eigenvalue weighted by Gasteiger charge is 2.20. The number of rotatable bonds is 1. The molecule has 0 aliphatic heterocycles. The van der Waals surface area contributed by atoms with Gasteiger partial charge in [-0.2, -0.15) is 0 Å². The molecule has 0 spiro atoms. The Bertz CT molecular complexity index is 739. The lowest BCUT2D eigenvalue weighted by atomic mass is 9.95. The molecule has 19 heavy (non-hydrogen) atoms. The lowest BCUT2D eigenvalue weighted by Crippen LogP contribution is -2.18. The summed E-state index contributed by atoms with van der Waals surface area (Å²) in [6.45, 7) is 0. The maximum Gasteiger partial charge on any atom is 0.191 e. The highest BCUT2D eigenvalue weighted by Crippen LogP contribution is 2.34. The Morgan fingerprint density at radius 2 is 1.95 bits per heavy atom. The number of para-hydroxylation sites is 1. The van der Waals surface area contributed by atoms with Crippen LogP contribution in [0, 0.1) is 3.95 Å². The van der Waals surface area contributed by atoms with Crippen LogP contribution < -0.4 is 5.14 Å². The molecule has 1 saturated carbocycles. The summed E-state index contributed by atoms with van der Waals surface area (Å²) in [5.41, 5.74) is 1.03. The quantitative estimate of drug-likeness (QED) is 0.793. The van der Waals surface area contributed by atoms with Gasteiger partial charge in [0.15, 0.2) is 13.9 Å². The van der Waals surface area contributed by atoms with E-state index in [1.54, 1.807) is 0 Å². The number of nitrogens with zero attached hydrogens (tertiary/aromatic N) is 1. The second-order valence-corrected chi connectivity index (χ2v) is 7.88. The molecule has 104 valence electrons. The molecule has 1 unspecified atom stereocenters. The van der Waals surface area contributed by atoms with Crippen molar-refractivity contribution in [2.75, 3.05) is 0 Å². The molecule has 2 aromatic rings. The predicted octanol–water partition coefficient (Wildman–Crippen LogP) is 3.37. The smallest absolute Gasteiger partial charge is 0.191 e. The van der Waals surface area contributed by atoms with E-state index >= 15 is 0 Å². The number of nitrogens with two attached hydrogens (primary N) is 1. The largest absolute Gasteiger partial charge is 0.319 e. The molecule has 0 bridgehead atoms. The van der Waals surface area contributed by atoms with E-state index in [2.05, 4.69) is 0 Å². The van der Waals surface area contributed by atoms with E-state index in [1.165, 1.54) is 30.6 Å². The van der Waals surface area contributed by atoms with Crippen LogP contribution in [0.3, 0.4) is 0 Å². The van der Waals surface area contributed by atoms with Crippen molar-refractivity contribution in [1.82, 2.24) is 4.57 Å². The number of thiazole rings is 1. The average Bonchev–Trinajstić information content (AvgIpc) is 2.79. The van der Waals surface area contributed by atoms with E-state index in [9.17, 15) is 8.76 Å². The fraction of sp³-hybridized carbons (Fsp3) is 0.462. The molecule has 4 nitrogen and oxygen atoms in total. The Labute approximate surface area is 116 Å². The summed E-state index contributed by atoms with van der Waals surface area (Å²) in [6.07, 6.45) is 5.74. The van der Waals surface area contributed by atoms with Gasteiger partial charge in [-0.15, -0.1) is 11.3 Å². The van der Waals surface area contributed by atoms with Crippen LogP contribution in [0.15, 0.2) is 24.3 Å². The Kier molecular flexibility index (Phi) is 3.42. The lowest BCUT2D eigenvalue weighted by Gasteiger charge is -2.24. The lowest BCUT2D eigenvalue weighted by molar-refractivity contribution is 0.359. The number of fused-ring (bicyclic) bond motifs is 1. The normalized spacial score (nSPS) is 20.5. The Morgan fingerprint density at radius 1 is 1.26 bits per heavy atom. The summed E-state index contributed by atoms with van der Waals surface area (Å²) >= 11 is 1.34. The Balaban J connectivity index is 2.34. The van der Waals surface area contributed by atoms with Crippen molar-refractivity contribution < 1.29 is 8.76 Å². The first-order chi connectivity index (χ1) is 9.07. The van der Waals surface area contributed by atoms with Crippen molar-refractivity contribution in [3.63, 3.8) is 0 Å². The molecular formula is C13H18N2O2S2. The first kappa shape index (κ1) is 13.2.